The Hall–Kier alpha value is -1.16. The molecule has 4 nitrogen and oxygen atoms in total. The van der Waals surface area contributed by atoms with Crippen LogP contribution >= 0.6 is 0 Å². The Bertz CT molecular complexity index is 261. The summed E-state index contributed by atoms with van der Waals surface area (Å²) in [5.74, 6) is 0.857. The molecule has 0 saturated heterocycles. The van der Waals surface area contributed by atoms with Gasteiger partial charge in [-0.3, -0.25) is 0 Å². The molecule has 0 unspecified atom stereocenters. The third-order valence-electron chi connectivity index (χ3n) is 2.11. The molecule has 4 heteroatoms. The Morgan fingerprint density at radius 2 is 2.14 bits per heavy atom. The fourth-order valence-electron chi connectivity index (χ4n) is 1.17. The number of aromatic nitrogens is 2. The van der Waals surface area contributed by atoms with Crippen molar-refractivity contribution in [3.05, 3.63) is 17.8 Å². The van der Waals surface area contributed by atoms with Gasteiger partial charge >= 0.3 is 0 Å². The lowest BCUT2D eigenvalue weighted by Crippen LogP contribution is -2.20. The zero-order chi connectivity index (χ0) is 10.4. The summed E-state index contributed by atoms with van der Waals surface area (Å²) in [6.45, 7) is 3.07. The summed E-state index contributed by atoms with van der Waals surface area (Å²) in [4.78, 5) is 1.99. The molecule has 0 radical (unpaired) electrons. The molecule has 0 fully saturated rings. The van der Waals surface area contributed by atoms with Gasteiger partial charge in [-0.15, -0.1) is 5.10 Å². The van der Waals surface area contributed by atoms with Crippen LogP contribution in [0.5, 0.6) is 0 Å². The molecular formula is C10H17N3O. The highest BCUT2D eigenvalue weighted by Crippen LogP contribution is 2.07. The number of aliphatic hydroxyl groups excluding tert-OH is 1. The molecule has 0 saturated carbocycles. The molecule has 0 aromatic carbocycles. The summed E-state index contributed by atoms with van der Waals surface area (Å²) in [5.41, 5.74) is 1.00. The average molecular weight is 195 g/mol. The van der Waals surface area contributed by atoms with Crippen molar-refractivity contribution in [1.82, 2.24) is 10.2 Å². The summed E-state index contributed by atoms with van der Waals surface area (Å²) in [6, 6.07) is 3.95. The van der Waals surface area contributed by atoms with Gasteiger partial charge in [-0.1, -0.05) is 6.92 Å². The third kappa shape index (κ3) is 2.96. The second-order valence-corrected chi connectivity index (χ2v) is 3.24. The highest BCUT2D eigenvalue weighted by molar-refractivity contribution is 5.35. The molecule has 1 heterocycles. The second kappa shape index (κ2) is 5.54. The lowest BCUT2D eigenvalue weighted by molar-refractivity contribution is 0.290. The van der Waals surface area contributed by atoms with Gasteiger partial charge < -0.3 is 10.0 Å². The van der Waals surface area contributed by atoms with Gasteiger partial charge in [0.2, 0.25) is 0 Å². The third-order valence-corrected chi connectivity index (χ3v) is 2.11. The Morgan fingerprint density at radius 1 is 1.36 bits per heavy atom. The van der Waals surface area contributed by atoms with Crippen molar-refractivity contribution < 1.29 is 5.11 Å². The van der Waals surface area contributed by atoms with E-state index in [2.05, 4.69) is 17.1 Å². The summed E-state index contributed by atoms with van der Waals surface area (Å²) in [6.07, 6.45) is 1.67. The first-order valence-electron chi connectivity index (χ1n) is 4.92. The van der Waals surface area contributed by atoms with Crippen LogP contribution in [0.2, 0.25) is 0 Å². The summed E-state index contributed by atoms with van der Waals surface area (Å²) >= 11 is 0. The van der Waals surface area contributed by atoms with Crippen LogP contribution in [0, 0.1) is 0 Å². The molecule has 0 aliphatic rings. The van der Waals surface area contributed by atoms with Gasteiger partial charge in [-0.05, 0) is 25.0 Å². The van der Waals surface area contributed by atoms with E-state index < -0.39 is 0 Å². The van der Waals surface area contributed by atoms with Crippen molar-refractivity contribution in [3.8, 4) is 0 Å². The van der Waals surface area contributed by atoms with E-state index >= 15 is 0 Å². The SMILES string of the molecule is CCc1ccc(N(C)CCCO)nn1. The van der Waals surface area contributed by atoms with Crippen molar-refractivity contribution in [2.45, 2.75) is 19.8 Å². The number of rotatable bonds is 5. The highest BCUT2D eigenvalue weighted by atomic mass is 16.3. The van der Waals surface area contributed by atoms with Gasteiger partial charge in [-0.25, -0.2) is 0 Å². The lowest BCUT2D eigenvalue weighted by atomic mass is 10.3. The van der Waals surface area contributed by atoms with Gasteiger partial charge in [0.1, 0.15) is 0 Å². The lowest BCUT2D eigenvalue weighted by Gasteiger charge is -2.16. The minimum absolute atomic E-state index is 0.213. The maximum Gasteiger partial charge on any atom is 0.150 e. The largest absolute Gasteiger partial charge is 0.396 e. The molecule has 0 aliphatic carbocycles. The first-order chi connectivity index (χ1) is 6.77. The molecule has 0 aliphatic heterocycles. The molecule has 1 N–H and O–H groups in total. The molecule has 78 valence electrons. The van der Waals surface area contributed by atoms with Crippen molar-refractivity contribution in [3.63, 3.8) is 0 Å². The monoisotopic (exact) mass is 195 g/mol. The fourth-order valence-corrected chi connectivity index (χ4v) is 1.17. The Labute approximate surface area is 84.6 Å². The number of anilines is 1. The van der Waals surface area contributed by atoms with Crippen LogP contribution in [0.4, 0.5) is 5.82 Å². The maximum absolute atomic E-state index is 8.68. The number of aryl methyl sites for hydroxylation is 1. The number of aliphatic hydroxyl groups is 1. The van der Waals surface area contributed by atoms with E-state index in [1.54, 1.807) is 0 Å². The zero-order valence-corrected chi connectivity index (χ0v) is 8.77. The van der Waals surface area contributed by atoms with E-state index in [0.717, 1.165) is 30.9 Å². The molecule has 0 spiro atoms. The van der Waals surface area contributed by atoms with E-state index in [1.807, 2.05) is 24.1 Å². The molecule has 1 rings (SSSR count). The molecule has 0 atom stereocenters. The van der Waals surface area contributed by atoms with Gasteiger partial charge in [-0.2, -0.15) is 5.10 Å². The van der Waals surface area contributed by atoms with Crippen LogP contribution < -0.4 is 4.90 Å². The standard InChI is InChI=1S/C10H17N3O/c1-3-9-5-6-10(12-11-9)13(2)7-4-8-14/h5-6,14H,3-4,7-8H2,1-2H3. The predicted molar refractivity (Wildman–Crippen MR) is 56.4 cm³/mol. The van der Waals surface area contributed by atoms with E-state index in [9.17, 15) is 0 Å². The maximum atomic E-state index is 8.68. The van der Waals surface area contributed by atoms with Crippen LogP contribution in [-0.2, 0) is 6.42 Å². The van der Waals surface area contributed by atoms with Gasteiger partial charge in [0, 0.05) is 20.2 Å². The minimum atomic E-state index is 0.213. The van der Waals surface area contributed by atoms with Crippen LogP contribution in [-0.4, -0.2) is 35.5 Å². The topological polar surface area (TPSA) is 49.2 Å². The average Bonchev–Trinajstić information content (AvgIpc) is 2.26. The first-order valence-corrected chi connectivity index (χ1v) is 4.92. The number of nitrogens with zero attached hydrogens (tertiary/aromatic N) is 3. The highest BCUT2D eigenvalue weighted by Gasteiger charge is 2.01. The number of hydrogen-bond donors (Lipinski definition) is 1. The van der Waals surface area contributed by atoms with E-state index in [4.69, 9.17) is 5.11 Å². The van der Waals surface area contributed by atoms with E-state index in [0.29, 0.717) is 0 Å². The van der Waals surface area contributed by atoms with Gasteiger partial charge in [0.25, 0.3) is 0 Å². The zero-order valence-electron chi connectivity index (χ0n) is 8.77. The summed E-state index contributed by atoms with van der Waals surface area (Å²) in [5, 5.41) is 16.9. The molecular weight excluding hydrogens is 178 g/mol. The smallest absolute Gasteiger partial charge is 0.150 e. The molecule has 1 aromatic heterocycles. The summed E-state index contributed by atoms with van der Waals surface area (Å²) in [7, 11) is 1.95. The van der Waals surface area contributed by atoms with Crippen LogP contribution in [0.3, 0.4) is 0 Å². The van der Waals surface area contributed by atoms with E-state index in [1.165, 1.54) is 0 Å². The minimum Gasteiger partial charge on any atom is -0.396 e. The van der Waals surface area contributed by atoms with Gasteiger partial charge in [0.05, 0.1) is 5.69 Å². The van der Waals surface area contributed by atoms with Crippen LogP contribution in [0.15, 0.2) is 12.1 Å². The van der Waals surface area contributed by atoms with Crippen molar-refractivity contribution in [2.75, 3.05) is 25.1 Å². The van der Waals surface area contributed by atoms with E-state index in [-0.39, 0.29) is 6.61 Å². The van der Waals surface area contributed by atoms with Crippen molar-refractivity contribution >= 4 is 5.82 Å². The molecule has 0 amide bonds. The van der Waals surface area contributed by atoms with Crippen molar-refractivity contribution in [1.29, 1.82) is 0 Å². The Kier molecular flexibility index (Phi) is 4.32. The quantitative estimate of drug-likeness (QED) is 0.757. The molecule has 1 aromatic rings. The molecule has 0 bridgehead atoms. The van der Waals surface area contributed by atoms with Crippen molar-refractivity contribution in [2.24, 2.45) is 0 Å². The first kappa shape index (κ1) is 10.9. The Morgan fingerprint density at radius 3 is 2.64 bits per heavy atom. The predicted octanol–water partition coefficient (Wildman–Crippen LogP) is 0.858. The second-order valence-electron chi connectivity index (χ2n) is 3.24. The van der Waals surface area contributed by atoms with Crippen LogP contribution in [0.1, 0.15) is 19.0 Å². The van der Waals surface area contributed by atoms with Gasteiger partial charge in [0.15, 0.2) is 5.82 Å². The molecule has 14 heavy (non-hydrogen) atoms. The fraction of sp³-hybridized carbons (Fsp3) is 0.600. The summed E-state index contributed by atoms with van der Waals surface area (Å²) < 4.78 is 0. The van der Waals surface area contributed by atoms with Crippen LogP contribution in [0.25, 0.3) is 0 Å². The number of hydrogen-bond acceptors (Lipinski definition) is 4. The Balaban J connectivity index is 2.57. The normalized spacial score (nSPS) is 10.2.